The topological polar surface area (TPSA) is 56.5 Å². The quantitative estimate of drug-likeness (QED) is 0.673. The number of amides is 1. The summed E-state index contributed by atoms with van der Waals surface area (Å²) in [5.74, 6) is -0.439. The van der Waals surface area contributed by atoms with Crippen molar-refractivity contribution in [3.05, 3.63) is 70.6 Å². The van der Waals surface area contributed by atoms with Crippen LogP contribution in [0.2, 0.25) is 0 Å². The van der Waals surface area contributed by atoms with E-state index in [0.29, 0.717) is 16.8 Å². The molecule has 0 atom stereocenters. The Labute approximate surface area is 150 Å². The van der Waals surface area contributed by atoms with E-state index in [-0.39, 0.29) is 24.2 Å². The third kappa shape index (κ3) is 3.10. The summed E-state index contributed by atoms with van der Waals surface area (Å²) in [4.78, 5) is 15.3. The van der Waals surface area contributed by atoms with Gasteiger partial charge in [-0.15, -0.1) is 0 Å². The second kappa shape index (κ2) is 6.25. The molecular formula is C18H11BrFN3O2. The molecule has 0 unspecified atom stereocenters. The molecule has 0 N–H and O–H groups in total. The lowest BCUT2D eigenvalue weighted by molar-refractivity contribution is -0.118. The molecule has 3 aromatic rings. The van der Waals surface area contributed by atoms with Gasteiger partial charge >= 0.3 is 0 Å². The average Bonchev–Trinajstić information content (AvgIpc) is 3.23. The summed E-state index contributed by atoms with van der Waals surface area (Å²) in [7, 11) is 0. The van der Waals surface area contributed by atoms with Crippen LogP contribution >= 0.6 is 15.9 Å². The predicted octanol–water partition coefficient (Wildman–Crippen LogP) is 3.74. The van der Waals surface area contributed by atoms with Gasteiger partial charge in [0.2, 0.25) is 5.90 Å². The number of halogens is 2. The Balaban J connectivity index is 1.85. The van der Waals surface area contributed by atoms with Crippen molar-refractivity contribution in [3.8, 4) is 16.9 Å². The van der Waals surface area contributed by atoms with Crippen molar-refractivity contribution < 1.29 is 13.9 Å². The summed E-state index contributed by atoms with van der Waals surface area (Å²) >= 11 is 3.40. The molecule has 0 saturated carbocycles. The number of hydrogen-bond acceptors (Lipinski definition) is 3. The second-order valence-corrected chi connectivity index (χ2v) is 6.33. The molecular weight excluding hydrogens is 389 g/mol. The zero-order chi connectivity index (χ0) is 17.4. The highest BCUT2D eigenvalue weighted by atomic mass is 79.9. The van der Waals surface area contributed by atoms with Crippen molar-refractivity contribution in [1.29, 1.82) is 0 Å². The minimum Gasteiger partial charge on any atom is -0.467 e. The lowest BCUT2D eigenvalue weighted by atomic mass is 10.1. The maximum Gasteiger partial charge on any atom is 0.286 e. The third-order valence-electron chi connectivity index (χ3n) is 3.71. The molecule has 0 saturated heterocycles. The van der Waals surface area contributed by atoms with E-state index in [4.69, 9.17) is 4.74 Å². The second-order valence-electron chi connectivity index (χ2n) is 5.42. The predicted molar refractivity (Wildman–Crippen MR) is 94.2 cm³/mol. The standard InChI is InChI=1S/C18H11BrFN3O2/c19-12-3-7-14(8-4-12)23-9-15(18-21-16(24)10-25-18)17(22-23)11-1-5-13(20)6-2-11/h1-9H,10H2. The number of rotatable bonds is 3. The highest BCUT2D eigenvalue weighted by Crippen LogP contribution is 2.26. The largest absolute Gasteiger partial charge is 0.467 e. The molecule has 5 nitrogen and oxygen atoms in total. The Morgan fingerprint density at radius 3 is 2.44 bits per heavy atom. The highest BCUT2D eigenvalue weighted by molar-refractivity contribution is 9.10. The smallest absolute Gasteiger partial charge is 0.286 e. The van der Waals surface area contributed by atoms with E-state index < -0.39 is 0 Å². The number of carbonyl (C=O) groups is 1. The molecule has 0 aliphatic carbocycles. The SMILES string of the molecule is O=C1COC(c2cn(-c3ccc(Br)cc3)nc2-c2ccc(F)cc2)=N1. The molecule has 0 bridgehead atoms. The number of aliphatic imine (C=N–C) groups is 1. The van der Waals surface area contributed by atoms with E-state index in [2.05, 4.69) is 26.0 Å². The maximum atomic E-state index is 13.2. The van der Waals surface area contributed by atoms with E-state index in [9.17, 15) is 9.18 Å². The van der Waals surface area contributed by atoms with Crippen LogP contribution in [-0.4, -0.2) is 28.2 Å². The summed E-state index contributed by atoms with van der Waals surface area (Å²) in [6, 6.07) is 13.6. The molecule has 4 rings (SSSR count). The number of hydrogen-bond donors (Lipinski definition) is 0. The molecule has 1 amide bonds. The normalized spacial score (nSPS) is 13.7. The molecule has 25 heavy (non-hydrogen) atoms. The van der Waals surface area contributed by atoms with Crippen LogP contribution in [0, 0.1) is 5.82 Å². The molecule has 1 aliphatic heterocycles. The van der Waals surface area contributed by atoms with Crippen LogP contribution in [0.1, 0.15) is 5.56 Å². The van der Waals surface area contributed by atoms with Crippen molar-refractivity contribution in [2.24, 2.45) is 4.99 Å². The lowest BCUT2D eigenvalue weighted by Crippen LogP contribution is -2.02. The van der Waals surface area contributed by atoms with Crippen molar-refractivity contribution in [2.75, 3.05) is 6.61 Å². The molecule has 1 aliphatic rings. The minimum atomic E-state index is -0.337. The monoisotopic (exact) mass is 399 g/mol. The Hall–Kier alpha value is -2.80. The van der Waals surface area contributed by atoms with Crippen molar-refractivity contribution in [3.63, 3.8) is 0 Å². The van der Waals surface area contributed by atoms with Gasteiger partial charge in [0, 0.05) is 16.2 Å². The first-order chi connectivity index (χ1) is 12.1. The maximum absolute atomic E-state index is 13.2. The number of aromatic nitrogens is 2. The fourth-order valence-corrected chi connectivity index (χ4v) is 2.79. The van der Waals surface area contributed by atoms with E-state index in [1.54, 1.807) is 23.0 Å². The zero-order valence-electron chi connectivity index (χ0n) is 12.8. The van der Waals surface area contributed by atoms with Crippen LogP contribution in [0.5, 0.6) is 0 Å². The van der Waals surface area contributed by atoms with Gasteiger partial charge < -0.3 is 4.74 Å². The van der Waals surface area contributed by atoms with Gasteiger partial charge in [-0.1, -0.05) is 15.9 Å². The van der Waals surface area contributed by atoms with Crippen LogP contribution < -0.4 is 0 Å². The lowest BCUT2D eigenvalue weighted by Gasteiger charge is -2.02. The van der Waals surface area contributed by atoms with Crippen LogP contribution in [-0.2, 0) is 9.53 Å². The van der Waals surface area contributed by atoms with E-state index in [1.807, 2.05) is 24.3 Å². The third-order valence-corrected chi connectivity index (χ3v) is 4.24. The molecule has 0 radical (unpaired) electrons. The number of carbonyl (C=O) groups excluding carboxylic acids is 1. The molecule has 2 heterocycles. The summed E-state index contributed by atoms with van der Waals surface area (Å²) in [5, 5.41) is 4.59. The molecule has 124 valence electrons. The van der Waals surface area contributed by atoms with Crippen molar-refractivity contribution in [2.45, 2.75) is 0 Å². The highest BCUT2D eigenvalue weighted by Gasteiger charge is 2.24. The van der Waals surface area contributed by atoms with E-state index in [0.717, 1.165) is 10.2 Å². The van der Waals surface area contributed by atoms with Gasteiger partial charge in [-0.3, -0.25) is 4.79 Å². The fraction of sp³-hybridized carbons (Fsp3) is 0.0556. The number of nitrogens with zero attached hydrogens (tertiary/aromatic N) is 3. The Bertz CT molecular complexity index is 979. The molecule has 1 aromatic heterocycles. The molecule has 2 aromatic carbocycles. The Morgan fingerprint density at radius 1 is 1.08 bits per heavy atom. The van der Waals surface area contributed by atoms with Gasteiger partial charge in [-0.25, -0.2) is 9.07 Å². The van der Waals surface area contributed by atoms with Gasteiger partial charge in [0.05, 0.1) is 11.3 Å². The summed E-state index contributed by atoms with van der Waals surface area (Å²) in [6.45, 7) is -0.0817. The molecule has 0 spiro atoms. The average molecular weight is 400 g/mol. The first kappa shape index (κ1) is 15.7. The summed E-state index contributed by atoms with van der Waals surface area (Å²) in [5.41, 5.74) is 2.69. The number of benzene rings is 2. The van der Waals surface area contributed by atoms with Gasteiger partial charge in [0.1, 0.15) is 11.5 Å². The van der Waals surface area contributed by atoms with Crippen LogP contribution in [0.3, 0.4) is 0 Å². The zero-order valence-corrected chi connectivity index (χ0v) is 14.4. The van der Waals surface area contributed by atoms with Crippen LogP contribution in [0.25, 0.3) is 16.9 Å². The van der Waals surface area contributed by atoms with Crippen LogP contribution in [0.4, 0.5) is 4.39 Å². The molecule has 0 fully saturated rings. The minimum absolute atomic E-state index is 0.0817. The van der Waals surface area contributed by atoms with Gasteiger partial charge in [-0.2, -0.15) is 10.1 Å². The Morgan fingerprint density at radius 2 is 1.80 bits per heavy atom. The van der Waals surface area contributed by atoms with Crippen LogP contribution in [0.15, 0.2) is 64.2 Å². The Kier molecular flexibility index (Phi) is 3.93. The summed E-state index contributed by atoms with van der Waals surface area (Å²) < 4.78 is 21.2. The first-order valence-electron chi connectivity index (χ1n) is 7.46. The van der Waals surface area contributed by atoms with E-state index in [1.165, 1.54) is 12.1 Å². The van der Waals surface area contributed by atoms with Gasteiger partial charge in [0.25, 0.3) is 5.91 Å². The van der Waals surface area contributed by atoms with Gasteiger partial charge in [-0.05, 0) is 48.5 Å². The fourth-order valence-electron chi connectivity index (χ4n) is 2.52. The summed E-state index contributed by atoms with van der Waals surface area (Å²) in [6.07, 6.45) is 1.75. The number of ether oxygens (including phenoxy) is 1. The van der Waals surface area contributed by atoms with Crippen molar-refractivity contribution >= 4 is 27.7 Å². The van der Waals surface area contributed by atoms with E-state index >= 15 is 0 Å². The molecule has 7 heteroatoms. The van der Waals surface area contributed by atoms with Gasteiger partial charge in [0.15, 0.2) is 6.61 Å². The first-order valence-corrected chi connectivity index (χ1v) is 8.26. The van der Waals surface area contributed by atoms with Crippen molar-refractivity contribution in [1.82, 2.24) is 9.78 Å².